The highest BCUT2D eigenvalue weighted by atomic mass is 79.9. The molecule has 8 nitrogen and oxygen atoms in total. The number of H-pyrrole nitrogens is 1. The number of nitriles is 1. The molecule has 138 valence electrons. The first-order chi connectivity index (χ1) is 13.5. The third-order valence-electron chi connectivity index (χ3n) is 4.08. The van der Waals surface area contributed by atoms with Gasteiger partial charge in [0.2, 0.25) is 5.69 Å². The van der Waals surface area contributed by atoms with Gasteiger partial charge in [0.05, 0.1) is 5.69 Å². The SMILES string of the molecule is N#Cc1nn(-c2cc(Cl)c(Cc3ccc4ocnc4c3)c(Br)c2)c(=O)[nH]c1=O. The summed E-state index contributed by atoms with van der Waals surface area (Å²) in [6.45, 7) is 0. The zero-order valence-corrected chi connectivity index (χ0v) is 16.3. The lowest BCUT2D eigenvalue weighted by atomic mass is 10.0. The Hall–Kier alpha value is -3.22. The van der Waals surface area contributed by atoms with Crippen LogP contribution in [0.15, 0.2) is 55.2 Å². The second-order valence-corrected chi connectivity index (χ2v) is 7.11. The summed E-state index contributed by atoms with van der Waals surface area (Å²) in [4.78, 5) is 29.8. The molecule has 0 unspecified atom stereocenters. The highest BCUT2D eigenvalue weighted by molar-refractivity contribution is 9.10. The van der Waals surface area contributed by atoms with Crippen LogP contribution in [0, 0.1) is 11.3 Å². The lowest BCUT2D eigenvalue weighted by molar-refractivity contribution is 0.602. The van der Waals surface area contributed by atoms with Crippen LogP contribution in [0.25, 0.3) is 16.8 Å². The van der Waals surface area contributed by atoms with Crippen LogP contribution >= 0.6 is 27.5 Å². The lowest BCUT2D eigenvalue weighted by Crippen LogP contribution is -2.33. The summed E-state index contributed by atoms with van der Waals surface area (Å²) < 4.78 is 6.81. The number of nitrogens with one attached hydrogen (secondary N) is 1. The van der Waals surface area contributed by atoms with Gasteiger partial charge in [0.1, 0.15) is 11.6 Å². The van der Waals surface area contributed by atoms with Crippen molar-refractivity contribution in [2.45, 2.75) is 6.42 Å². The van der Waals surface area contributed by atoms with Crippen LogP contribution < -0.4 is 11.2 Å². The summed E-state index contributed by atoms with van der Waals surface area (Å²) in [6.07, 6.45) is 1.90. The van der Waals surface area contributed by atoms with Gasteiger partial charge in [-0.25, -0.2) is 9.78 Å². The number of benzene rings is 2. The van der Waals surface area contributed by atoms with E-state index >= 15 is 0 Å². The van der Waals surface area contributed by atoms with Gasteiger partial charge in [-0.05, 0) is 35.4 Å². The number of aromatic nitrogens is 4. The van der Waals surface area contributed by atoms with Crippen molar-refractivity contribution in [2.24, 2.45) is 0 Å². The maximum absolute atomic E-state index is 12.1. The van der Waals surface area contributed by atoms with Crippen LogP contribution in [-0.2, 0) is 6.42 Å². The number of hydrogen-bond donors (Lipinski definition) is 1. The van der Waals surface area contributed by atoms with Gasteiger partial charge in [0.25, 0.3) is 5.56 Å². The summed E-state index contributed by atoms with van der Waals surface area (Å²) in [7, 11) is 0. The van der Waals surface area contributed by atoms with E-state index in [9.17, 15) is 9.59 Å². The van der Waals surface area contributed by atoms with Gasteiger partial charge >= 0.3 is 5.69 Å². The smallest absolute Gasteiger partial charge is 0.349 e. The molecular weight excluding hydrogens is 450 g/mol. The minimum Gasteiger partial charge on any atom is -0.443 e. The number of rotatable bonds is 3. The Bertz CT molecular complexity index is 1360. The van der Waals surface area contributed by atoms with E-state index in [1.165, 1.54) is 6.39 Å². The monoisotopic (exact) mass is 457 g/mol. The molecule has 1 N–H and O–H groups in total. The maximum atomic E-state index is 12.1. The summed E-state index contributed by atoms with van der Waals surface area (Å²) in [5.74, 6) is 0. The molecule has 0 saturated heterocycles. The molecule has 0 aliphatic rings. The normalized spacial score (nSPS) is 10.9. The Kier molecular flexibility index (Phi) is 4.58. The summed E-state index contributed by atoms with van der Waals surface area (Å²) in [5.41, 5.74) is 1.50. The molecule has 10 heteroatoms. The second kappa shape index (κ2) is 7.07. The molecule has 2 aromatic carbocycles. The van der Waals surface area contributed by atoms with Crippen molar-refractivity contribution in [3.63, 3.8) is 0 Å². The van der Waals surface area contributed by atoms with E-state index in [1.54, 1.807) is 18.2 Å². The molecule has 2 heterocycles. The zero-order valence-electron chi connectivity index (χ0n) is 13.9. The molecule has 0 atom stereocenters. The minimum absolute atomic E-state index is 0.310. The van der Waals surface area contributed by atoms with E-state index in [0.717, 1.165) is 21.3 Å². The van der Waals surface area contributed by atoms with E-state index in [2.05, 4.69) is 31.0 Å². The zero-order chi connectivity index (χ0) is 19.8. The lowest BCUT2D eigenvalue weighted by Gasteiger charge is -2.11. The van der Waals surface area contributed by atoms with Crippen molar-refractivity contribution in [2.75, 3.05) is 0 Å². The molecule has 28 heavy (non-hydrogen) atoms. The molecule has 4 aromatic rings. The predicted octanol–water partition coefficient (Wildman–Crippen LogP) is 2.94. The quantitative estimate of drug-likeness (QED) is 0.504. The topological polar surface area (TPSA) is 118 Å². The van der Waals surface area contributed by atoms with E-state index in [0.29, 0.717) is 27.2 Å². The Morgan fingerprint density at radius 2 is 2.11 bits per heavy atom. The van der Waals surface area contributed by atoms with Crippen molar-refractivity contribution in [1.29, 1.82) is 5.26 Å². The fourth-order valence-electron chi connectivity index (χ4n) is 2.75. The molecule has 0 radical (unpaired) electrons. The molecule has 0 fully saturated rings. The van der Waals surface area contributed by atoms with Crippen LogP contribution in [-0.4, -0.2) is 19.7 Å². The number of aromatic amines is 1. The van der Waals surface area contributed by atoms with E-state index in [4.69, 9.17) is 21.3 Å². The summed E-state index contributed by atoms with van der Waals surface area (Å²) in [6, 6.07) is 10.5. The standard InChI is InChI=1S/C18H9BrClN5O3/c19-12-5-10(25-18(27)23-17(26)15(7-21)24-25)6-13(20)11(12)3-9-1-2-16-14(4-9)22-8-28-16/h1-2,4-6,8H,3H2,(H,23,26,27). The second-order valence-electron chi connectivity index (χ2n) is 5.85. The van der Waals surface area contributed by atoms with Gasteiger partial charge in [0.15, 0.2) is 12.0 Å². The Morgan fingerprint density at radius 1 is 1.29 bits per heavy atom. The minimum atomic E-state index is -0.839. The highest BCUT2D eigenvalue weighted by Gasteiger charge is 2.14. The van der Waals surface area contributed by atoms with Crippen LogP contribution in [0.1, 0.15) is 16.8 Å². The fourth-order valence-corrected chi connectivity index (χ4v) is 3.73. The van der Waals surface area contributed by atoms with E-state index < -0.39 is 16.9 Å². The predicted molar refractivity (Wildman–Crippen MR) is 105 cm³/mol. The van der Waals surface area contributed by atoms with Gasteiger partial charge in [-0.3, -0.25) is 9.78 Å². The molecule has 0 saturated carbocycles. The molecular formula is C18H9BrClN5O3. The van der Waals surface area contributed by atoms with Crippen molar-refractivity contribution >= 4 is 38.6 Å². The number of fused-ring (bicyclic) bond motifs is 1. The number of hydrogen-bond acceptors (Lipinski definition) is 6. The van der Waals surface area contributed by atoms with Gasteiger partial charge in [0, 0.05) is 15.9 Å². The Morgan fingerprint density at radius 3 is 2.86 bits per heavy atom. The number of halogens is 2. The molecule has 2 aromatic heterocycles. The van der Waals surface area contributed by atoms with Gasteiger partial charge in [-0.15, -0.1) is 5.10 Å². The Balaban J connectivity index is 1.76. The first kappa shape index (κ1) is 18.2. The van der Waals surface area contributed by atoms with Gasteiger partial charge in [-0.2, -0.15) is 9.94 Å². The third kappa shape index (κ3) is 3.24. The Labute approximate surface area is 170 Å². The fraction of sp³-hybridized carbons (Fsp3) is 0.0556. The summed E-state index contributed by atoms with van der Waals surface area (Å²) >= 11 is 9.92. The summed E-state index contributed by atoms with van der Waals surface area (Å²) in [5, 5.41) is 13.1. The van der Waals surface area contributed by atoms with Crippen molar-refractivity contribution < 1.29 is 4.42 Å². The van der Waals surface area contributed by atoms with E-state index in [-0.39, 0.29) is 0 Å². The largest absolute Gasteiger partial charge is 0.443 e. The van der Waals surface area contributed by atoms with Crippen LogP contribution in [0.2, 0.25) is 5.02 Å². The molecule has 0 bridgehead atoms. The molecule has 4 rings (SSSR count). The van der Waals surface area contributed by atoms with Crippen LogP contribution in [0.3, 0.4) is 0 Å². The van der Waals surface area contributed by atoms with Gasteiger partial charge < -0.3 is 4.42 Å². The highest BCUT2D eigenvalue weighted by Crippen LogP contribution is 2.30. The third-order valence-corrected chi connectivity index (χ3v) is 5.12. The maximum Gasteiger partial charge on any atom is 0.349 e. The van der Waals surface area contributed by atoms with E-state index in [1.807, 2.05) is 18.2 Å². The molecule has 0 aliphatic carbocycles. The molecule has 0 spiro atoms. The molecule has 0 amide bonds. The average molecular weight is 459 g/mol. The number of oxazole rings is 1. The van der Waals surface area contributed by atoms with Crippen molar-refractivity contribution in [3.8, 4) is 11.8 Å². The first-order valence-electron chi connectivity index (χ1n) is 7.90. The van der Waals surface area contributed by atoms with Crippen LogP contribution in [0.4, 0.5) is 0 Å². The van der Waals surface area contributed by atoms with Crippen molar-refractivity contribution in [3.05, 3.63) is 83.9 Å². The van der Waals surface area contributed by atoms with Gasteiger partial charge in [-0.1, -0.05) is 33.6 Å². The average Bonchev–Trinajstić information content (AvgIpc) is 3.12. The van der Waals surface area contributed by atoms with Crippen molar-refractivity contribution in [1.82, 2.24) is 19.7 Å². The van der Waals surface area contributed by atoms with Crippen LogP contribution in [0.5, 0.6) is 0 Å². The molecule has 0 aliphatic heterocycles. The number of nitrogens with zero attached hydrogens (tertiary/aromatic N) is 4. The first-order valence-corrected chi connectivity index (χ1v) is 9.07.